The Bertz CT molecular complexity index is 800. The van der Waals surface area contributed by atoms with Gasteiger partial charge in [0.2, 0.25) is 0 Å². The fraction of sp³-hybridized carbons (Fsp3) is 0.167. The number of carbonyl (C=O) groups excluding carboxylic acids is 1. The molecular weight excluding hydrogens is 264 g/mol. The highest BCUT2D eigenvalue weighted by atomic mass is 32.1. The molecule has 1 nitrogen and oxygen atoms in total. The molecular formula is C18H14OS. The summed E-state index contributed by atoms with van der Waals surface area (Å²) in [5.74, 6) is 0.470. The molecule has 20 heavy (non-hydrogen) atoms. The molecule has 0 fully saturated rings. The molecule has 1 atom stereocenters. The van der Waals surface area contributed by atoms with Gasteiger partial charge < -0.3 is 0 Å². The number of hydrogen-bond acceptors (Lipinski definition) is 2. The highest BCUT2D eigenvalue weighted by Crippen LogP contribution is 2.37. The average Bonchev–Trinajstić information content (AvgIpc) is 2.84. The molecule has 4 rings (SSSR count). The van der Waals surface area contributed by atoms with Crippen LogP contribution >= 0.6 is 11.3 Å². The lowest BCUT2D eigenvalue weighted by molar-refractivity contribution is -0.120. The van der Waals surface area contributed by atoms with E-state index in [0.717, 1.165) is 6.42 Å². The summed E-state index contributed by atoms with van der Waals surface area (Å²) in [6.45, 7) is 0. The molecule has 3 aromatic rings. The van der Waals surface area contributed by atoms with Crippen LogP contribution in [0.15, 0.2) is 53.9 Å². The van der Waals surface area contributed by atoms with Crippen LogP contribution in [0, 0.1) is 0 Å². The van der Waals surface area contributed by atoms with Crippen LogP contribution in [0.5, 0.6) is 0 Å². The van der Waals surface area contributed by atoms with Crippen LogP contribution < -0.4 is 0 Å². The van der Waals surface area contributed by atoms with E-state index in [4.69, 9.17) is 0 Å². The van der Waals surface area contributed by atoms with E-state index in [1.54, 1.807) is 11.3 Å². The monoisotopic (exact) mass is 278 g/mol. The maximum Gasteiger partial charge on any atom is 0.145 e. The molecule has 0 amide bonds. The molecule has 1 aliphatic carbocycles. The zero-order chi connectivity index (χ0) is 13.5. The molecule has 0 aliphatic heterocycles. The van der Waals surface area contributed by atoms with Crippen molar-refractivity contribution in [2.24, 2.45) is 0 Å². The minimum atomic E-state index is 0.116. The van der Waals surface area contributed by atoms with Crippen molar-refractivity contribution in [2.75, 3.05) is 0 Å². The van der Waals surface area contributed by atoms with Gasteiger partial charge in [-0.25, -0.2) is 0 Å². The van der Waals surface area contributed by atoms with E-state index >= 15 is 0 Å². The molecule has 0 saturated carbocycles. The van der Waals surface area contributed by atoms with E-state index in [2.05, 4.69) is 29.6 Å². The molecule has 2 heteroatoms. The van der Waals surface area contributed by atoms with Gasteiger partial charge in [0.05, 0.1) is 0 Å². The van der Waals surface area contributed by atoms with Gasteiger partial charge in [0.1, 0.15) is 5.78 Å². The van der Waals surface area contributed by atoms with Gasteiger partial charge in [-0.1, -0.05) is 42.5 Å². The number of thiophene rings is 1. The Labute approximate surface area is 121 Å². The minimum absolute atomic E-state index is 0.116. The van der Waals surface area contributed by atoms with Crippen LogP contribution in [0.3, 0.4) is 0 Å². The lowest BCUT2D eigenvalue weighted by Crippen LogP contribution is -2.26. The van der Waals surface area contributed by atoms with Gasteiger partial charge in [0.15, 0.2) is 0 Å². The topological polar surface area (TPSA) is 17.1 Å². The van der Waals surface area contributed by atoms with E-state index < -0.39 is 0 Å². The zero-order valence-corrected chi connectivity index (χ0v) is 11.8. The zero-order valence-electron chi connectivity index (χ0n) is 11.0. The number of hydrogen-bond donors (Lipinski definition) is 0. The summed E-state index contributed by atoms with van der Waals surface area (Å²) in [6.07, 6.45) is 1.47. The fourth-order valence-electron chi connectivity index (χ4n) is 3.03. The van der Waals surface area contributed by atoms with E-state index in [1.807, 2.05) is 24.3 Å². The second-order valence-electron chi connectivity index (χ2n) is 5.36. The van der Waals surface area contributed by atoms with E-state index in [-0.39, 0.29) is 5.92 Å². The Morgan fingerprint density at radius 2 is 1.90 bits per heavy atom. The van der Waals surface area contributed by atoms with Crippen molar-refractivity contribution in [3.8, 4) is 0 Å². The van der Waals surface area contributed by atoms with Gasteiger partial charge in [-0.15, -0.1) is 11.3 Å². The molecule has 0 N–H and O–H groups in total. The normalized spacial score (nSPS) is 16.7. The van der Waals surface area contributed by atoms with Crippen LogP contribution in [0.4, 0.5) is 0 Å². The Balaban J connectivity index is 1.60. The summed E-state index contributed by atoms with van der Waals surface area (Å²) in [7, 11) is 0. The first-order valence-corrected chi connectivity index (χ1v) is 7.76. The number of fused-ring (bicyclic) bond motifs is 2. The average molecular weight is 278 g/mol. The highest BCUT2D eigenvalue weighted by Gasteiger charge is 2.31. The SMILES string of the molecule is O=C(Cc1csc2ccccc12)C1Cc2ccccc21. The lowest BCUT2D eigenvalue weighted by atomic mass is 9.74. The van der Waals surface area contributed by atoms with Gasteiger partial charge in [-0.05, 0) is 39.9 Å². The predicted octanol–water partition coefficient (Wildman–Crippen LogP) is 4.35. The number of rotatable bonds is 3. The first-order valence-electron chi connectivity index (χ1n) is 6.88. The minimum Gasteiger partial charge on any atom is -0.299 e. The fourth-order valence-corrected chi connectivity index (χ4v) is 3.99. The molecule has 0 radical (unpaired) electrons. The second kappa shape index (κ2) is 4.57. The second-order valence-corrected chi connectivity index (χ2v) is 6.27. The van der Waals surface area contributed by atoms with E-state index in [9.17, 15) is 4.79 Å². The molecule has 0 spiro atoms. The molecule has 1 heterocycles. The molecule has 98 valence electrons. The third-order valence-corrected chi connectivity index (χ3v) is 5.18. The first-order chi connectivity index (χ1) is 9.83. The van der Waals surface area contributed by atoms with Crippen molar-refractivity contribution in [3.63, 3.8) is 0 Å². The number of ketones is 1. The molecule has 2 aromatic carbocycles. The summed E-state index contributed by atoms with van der Waals surface area (Å²) in [4.78, 5) is 12.5. The van der Waals surface area contributed by atoms with Gasteiger partial charge in [0, 0.05) is 17.0 Å². The van der Waals surface area contributed by atoms with Crippen molar-refractivity contribution in [1.29, 1.82) is 0 Å². The summed E-state index contributed by atoms with van der Waals surface area (Å²) in [5.41, 5.74) is 3.75. The van der Waals surface area contributed by atoms with Crippen molar-refractivity contribution >= 4 is 27.2 Å². The van der Waals surface area contributed by atoms with E-state index in [1.165, 1.54) is 26.8 Å². The quantitative estimate of drug-likeness (QED) is 0.696. The smallest absolute Gasteiger partial charge is 0.145 e. The lowest BCUT2D eigenvalue weighted by Gasteiger charge is -2.28. The summed E-state index contributed by atoms with van der Waals surface area (Å²) < 4.78 is 1.27. The standard InChI is InChI=1S/C18H14OS/c19-17(16-9-12-5-1-2-6-14(12)16)10-13-11-20-18-8-4-3-7-15(13)18/h1-8,11,16H,9-10H2. The summed E-state index contributed by atoms with van der Waals surface area (Å²) in [6, 6.07) is 16.6. The first kappa shape index (κ1) is 11.9. The number of benzene rings is 2. The summed E-state index contributed by atoms with van der Waals surface area (Å²) >= 11 is 1.73. The van der Waals surface area contributed by atoms with Crippen LogP contribution in [-0.4, -0.2) is 5.78 Å². The van der Waals surface area contributed by atoms with Crippen LogP contribution in [0.1, 0.15) is 22.6 Å². The van der Waals surface area contributed by atoms with Gasteiger partial charge in [-0.3, -0.25) is 4.79 Å². The number of Topliss-reactive ketones (excluding diaryl/α,β-unsaturated/α-hetero) is 1. The van der Waals surface area contributed by atoms with Crippen molar-refractivity contribution in [1.82, 2.24) is 0 Å². The Kier molecular flexibility index (Phi) is 2.71. The molecule has 1 aromatic heterocycles. The summed E-state index contributed by atoms with van der Waals surface area (Å²) in [5, 5.41) is 3.37. The van der Waals surface area contributed by atoms with Crippen LogP contribution in [0.2, 0.25) is 0 Å². The van der Waals surface area contributed by atoms with Crippen LogP contribution in [-0.2, 0) is 17.6 Å². The van der Waals surface area contributed by atoms with Crippen LogP contribution in [0.25, 0.3) is 10.1 Å². The Morgan fingerprint density at radius 3 is 2.80 bits per heavy atom. The molecule has 1 unspecified atom stereocenters. The van der Waals surface area contributed by atoms with Gasteiger partial charge >= 0.3 is 0 Å². The maximum absolute atomic E-state index is 12.5. The van der Waals surface area contributed by atoms with Crippen molar-refractivity contribution < 1.29 is 4.79 Å². The molecule has 0 saturated heterocycles. The van der Waals surface area contributed by atoms with Gasteiger partial charge in [-0.2, -0.15) is 0 Å². The van der Waals surface area contributed by atoms with Gasteiger partial charge in [0.25, 0.3) is 0 Å². The third kappa shape index (κ3) is 1.80. The highest BCUT2D eigenvalue weighted by molar-refractivity contribution is 7.17. The Hall–Kier alpha value is -1.93. The molecule has 1 aliphatic rings. The number of carbonyl (C=O) groups is 1. The third-order valence-electron chi connectivity index (χ3n) is 4.17. The van der Waals surface area contributed by atoms with Crippen molar-refractivity contribution in [2.45, 2.75) is 18.8 Å². The molecule has 0 bridgehead atoms. The van der Waals surface area contributed by atoms with E-state index in [0.29, 0.717) is 12.2 Å². The predicted molar refractivity (Wildman–Crippen MR) is 83.4 cm³/mol. The largest absolute Gasteiger partial charge is 0.299 e. The maximum atomic E-state index is 12.5. The Morgan fingerprint density at radius 1 is 1.10 bits per heavy atom. The van der Waals surface area contributed by atoms with Crippen molar-refractivity contribution in [3.05, 3.63) is 70.6 Å².